The third kappa shape index (κ3) is 3.19. The van der Waals surface area contributed by atoms with E-state index in [1.165, 1.54) is 0 Å². The van der Waals surface area contributed by atoms with Crippen LogP contribution in [-0.4, -0.2) is 14.9 Å². The first-order valence-electron chi connectivity index (χ1n) is 6.16. The van der Waals surface area contributed by atoms with E-state index in [4.69, 9.17) is 11.6 Å². The number of rotatable bonds is 4. The number of aryl methyl sites for hydroxylation is 2. The highest BCUT2D eigenvalue weighted by atomic mass is 79.9. The smallest absolute Gasteiger partial charge is 0.0860 e. The summed E-state index contributed by atoms with van der Waals surface area (Å²) in [5.74, 6) is 0. The molecule has 2 rings (SSSR count). The fourth-order valence-electron chi connectivity index (χ4n) is 2.02. The van der Waals surface area contributed by atoms with E-state index < -0.39 is 6.10 Å². The largest absolute Gasteiger partial charge is 0.388 e. The first kappa shape index (κ1) is 14.6. The molecule has 1 heterocycles. The molecule has 1 aromatic carbocycles. The van der Waals surface area contributed by atoms with Crippen LogP contribution in [0.25, 0.3) is 0 Å². The van der Waals surface area contributed by atoms with E-state index >= 15 is 0 Å². The van der Waals surface area contributed by atoms with E-state index in [0.29, 0.717) is 11.4 Å². The number of aliphatic hydroxyl groups excluding tert-OH is 1. The van der Waals surface area contributed by atoms with Crippen molar-refractivity contribution in [3.63, 3.8) is 0 Å². The molecule has 0 saturated heterocycles. The van der Waals surface area contributed by atoms with Crippen LogP contribution >= 0.6 is 27.5 Å². The van der Waals surface area contributed by atoms with Gasteiger partial charge in [-0.2, -0.15) is 5.10 Å². The molecule has 2 aromatic rings. The Morgan fingerprint density at radius 1 is 1.47 bits per heavy atom. The van der Waals surface area contributed by atoms with E-state index in [2.05, 4.69) is 28.0 Å². The average Bonchev–Trinajstić information content (AvgIpc) is 2.73. The van der Waals surface area contributed by atoms with Crippen LogP contribution < -0.4 is 0 Å². The average molecular weight is 344 g/mol. The summed E-state index contributed by atoms with van der Waals surface area (Å²) in [7, 11) is 1.89. The zero-order chi connectivity index (χ0) is 14.0. The molecule has 1 N–H and O–H groups in total. The van der Waals surface area contributed by atoms with Crippen LogP contribution in [0.4, 0.5) is 0 Å². The molecule has 1 unspecified atom stereocenters. The molecule has 0 saturated carbocycles. The maximum absolute atomic E-state index is 10.3. The summed E-state index contributed by atoms with van der Waals surface area (Å²) in [5, 5.41) is 15.3. The van der Waals surface area contributed by atoms with Crippen molar-refractivity contribution in [3.8, 4) is 0 Å². The Morgan fingerprint density at radius 2 is 2.21 bits per heavy atom. The maximum atomic E-state index is 10.3. The van der Waals surface area contributed by atoms with Gasteiger partial charge in [0.05, 0.1) is 16.8 Å². The number of aliphatic hydroxyl groups is 1. The highest BCUT2D eigenvalue weighted by Gasteiger charge is 2.16. The van der Waals surface area contributed by atoms with E-state index in [-0.39, 0.29) is 0 Å². The van der Waals surface area contributed by atoms with Gasteiger partial charge in [0, 0.05) is 29.2 Å². The van der Waals surface area contributed by atoms with Crippen molar-refractivity contribution in [2.75, 3.05) is 0 Å². The van der Waals surface area contributed by atoms with Crippen molar-refractivity contribution >= 4 is 27.5 Å². The number of hydrogen-bond acceptors (Lipinski definition) is 2. The van der Waals surface area contributed by atoms with Crippen molar-refractivity contribution < 1.29 is 5.11 Å². The Balaban J connectivity index is 2.22. The highest BCUT2D eigenvalue weighted by molar-refractivity contribution is 9.10. The second-order valence-corrected chi connectivity index (χ2v) is 5.70. The molecular weight excluding hydrogens is 328 g/mol. The van der Waals surface area contributed by atoms with Crippen LogP contribution in [0.15, 0.2) is 28.7 Å². The molecule has 102 valence electrons. The molecule has 0 aliphatic heterocycles. The quantitative estimate of drug-likeness (QED) is 0.919. The minimum Gasteiger partial charge on any atom is -0.388 e. The van der Waals surface area contributed by atoms with Crippen LogP contribution in [0, 0.1) is 0 Å². The van der Waals surface area contributed by atoms with E-state index in [9.17, 15) is 5.11 Å². The maximum Gasteiger partial charge on any atom is 0.0860 e. The first-order valence-corrected chi connectivity index (χ1v) is 7.33. The minimum absolute atomic E-state index is 0.500. The molecule has 0 aliphatic rings. The Bertz CT molecular complexity index is 583. The number of nitrogens with zero attached hydrogens (tertiary/aromatic N) is 2. The van der Waals surface area contributed by atoms with Gasteiger partial charge in [-0.05, 0) is 34.5 Å². The number of hydrogen-bond donors (Lipinski definition) is 1. The van der Waals surface area contributed by atoms with Crippen molar-refractivity contribution in [3.05, 3.63) is 50.7 Å². The Labute approximate surface area is 126 Å². The van der Waals surface area contributed by atoms with Crippen LogP contribution in [0.1, 0.15) is 30.0 Å². The molecule has 5 heteroatoms. The second-order valence-electron chi connectivity index (χ2n) is 4.47. The van der Waals surface area contributed by atoms with Crippen molar-refractivity contribution in [2.45, 2.75) is 25.9 Å². The molecule has 1 aromatic heterocycles. The molecule has 0 spiro atoms. The monoisotopic (exact) mass is 342 g/mol. The minimum atomic E-state index is -0.634. The topological polar surface area (TPSA) is 38.0 Å². The molecule has 0 amide bonds. The third-order valence-corrected chi connectivity index (χ3v) is 4.44. The predicted molar refractivity (Wildman–Crippen MR) is 80.4 cm³/mol. The Hall–Kier alpha value is -0.840. The lowest BCUT2D eigenvalue weighted by atomic mass is 10.0. The van der Waals surface area contributed by atoms with Gasteiger partial charge in [0.2, 0.25) is 0 Å². The summed E-state index contributed by atoms with van der Waals surface area (Å²) in [6, 6.07) is 7.59. The fourth-order valence-corrected chi connectivity index (χ4v) is 2.65. The Morgan fingerprint density at radius 3 is 2.84 bits per heavy atom. The molecule has 0 bridgehead atoms. The molecule has 0 radical (unpaired) electrons. The van der Waals surface area contributed by atoms with Crippen molar-refractivity contribution in [1.82, 2.24) is 9.78 Å². The van der Waals surface area contributed by atoms with Crippen molar-refractivity contribution in [1.29, 1.82) is 0 Å². The van der Waals surface area contributed by atoms with Gasteiger partial charge >= 0.3 is 0 Å². The van der Waals surface area contributed by atoms with E-state index in [1.807, 2.05) is 36.0 Å². The van der Waals surface area contributed by atoms with Crippen LogP contribution in [0.5, 0.6) is 0 Å². The number of aromatic nitrogens is 2. The van der Waals surface area contributed by atoms with E-state index in [0.717, 1.165) is 27.8 Å². The Kier molecular flexibility index (Phi) is 4.66. The first-order chi connectivity index (χ1) is 9.02. The summed E-state index contributed by atoms with van der Waals surface area (Å²) in [4.78, 5) is 0. The molecule has 0 aliphatic carbocycles. The lowest BCUT2D eigenvalue weighted by molar-refractivity contribution is 0.176. The van der Waals surface area contributed by atoms with Gasteiger partial charge in [0.25, 0.3) is 0 Å². The molecule has 19 heavy (non-hydrogen) atoms. The highest BCUT2D eigenvalue weighted by Crippen LogP contribution is 2.31. The molecule has 3 nitrogen and oxygen atoms in total. The zero-order valence-corrected chi connectivity index (χ0v) is 13.2. The van der Waals surface area contributed by atoms with Gasteiger partial charge < -0.3 is 5.11 Å². The zero-order valence-electron chi connectivity index (χ0n) is 10.9. The summed E-state index contributed by atoms with van der Waals surface area (Å²) in [6.07, 6.45) is 0.756. The number of halogens is 2. The number of benzene rings is 1. The standard InChI is InChI=1S/C14H16BrClN2O/c1-3-9-7-10(18(2)17-9)8-13(19)11-5-4-6-12(15)14(11)16/h4-7,13,19H,3,8H2,1-2H3. The molecule has 1 atom stereocenters. The van der Waals surface area contributed by atoms with Gasteiger partial charge in [-0.1, -0.05) is 30.7 Å². The molecular formula is C14H16BrClN2O. The third-order valence-electron chi connectivity index (χ3n) is 3.13. The van der Waals surface area contributed by atoms with Gasteiger partial charge in [-0.25, -0.2) is 0 Å². The van der Waals surface area contributed by atoms with Crippen LogP contribution in [-0.2, 0) is 19.9 Å². The lowest BCUT2D eigenvalue weighted by Crippen LogP contribution is -2.07. The normalized spacial score (nSPS) is 12.7. The SMILES string of the molecule is CCc1cc(CC(O)c2cccc(Br)c2Cl)n(C)n1. The van der Waals surface area contributed by atoms with Crippen LogP contribution in [0.3, 0.4) is 0 Å². The fraction of sp³-hybridized carbons (Fsp3) is 0.357. The van der Waals surface area contributed by atoms with Gasteiger partial charge in [0.1, 0.15) is 0 Å². The predicted octanol–water partition coefficient (Wildman–Crippen LogP) is 3.67. The lowest BCUT2D eigenvalue weighted by Gasteiger charge is -2.13. The molecule has 0 fully saturated rings. The van der Waals surface area contributed by atoms with Crippen molar-refractivity contribution in [2.24, 2.45) is 7.05 Å². The summed E-state index contributed by atoms with van der Waals surface area (Å²) in [5.41, 5.74) is 2.76. The summed E-state index contributed by atoms with van der Waals surface area (Å²) >= 11 is 9.57. The van der Waals surface area contributed by atoms with Gasteiger partial charge in [-0.15, -0.1) is 0 Å². The summed E-state index contributed by atoms with van der Waals surface area (Å²) < 4.78 is 2.61. The summed E-state index contributed by atoms with van der Waals surface area (Å²) in [6.45, 7) is 2.06. The van der Waals surface area contributed by atoms with Crippen LogP contribution in [0.2, 0.25) is 5.02 Å². The van der Waals surface area contributed by atoms with E-state index in [1.54, 1.807) is 0 Å². The second kappa shape index (κ2) is 6.07. The van der Waals surface area contributed by atoms with Gasteiger partial charge in [-0.3, -0.25) is 4.68 Å². The van der Waals surface area contributed by atoms with Gasteiger partial charge in [0.15, 0.2) is 0 Å².